The Morgan fingerprint density at radius 1 is 1.17 bits per heavy atom. The van der Waals surface area contributed by atoms with Crippen molar-refractivity contribution in [1.29, 1.82) is 0 Å². The average molecular weight is 392 g/mol. The maximum atomic E-state index is 12.5. The summed E-state index contributed by atoms with van der Waals surface area (Å²) in [6.07, 6.45) is 5.27. The molecule has 24 heavy (non-hydrogen) atoms. The SMILES string of the molecule is Cl.NCCCCCCC(=O)NCC1CCN(S(=O)(=O)C(F)F)CC1. The molecule has 1 amide bonds. The standard InChI is InChI=1S/C14H27F2N3O3S.ClH/c15-14(16)23(21,22)19-9-6-12(7-10-19)11-18-13(20)5-3-1-2-4-8-17;/h12,14H,1-11,17H2,(H,18,20);1H. The predicted molar refractivity (Wildman–Crippen MR) is 91.6 cm³/mol. The Labute approximate surface area is 149 Å². The molecular formula is C14H28ClF2N3O3S. The molecular weight excluding hydrogens is 364 g/mol. The maximum Gasteiger partial charge on any atom is 0.350 e. The number of hydrogen-bond donors (Lipinski definition) is 2. The fourth-order valence-electron chi connectivity index (χ4n) is 2.61. The van der Waals surface area contributed by atoms with E-state index in [1.165, 1.54) is 0 Å². The number of nitrogens with two attached hydrogens (primary N) is 1. The molecule has 0 spiro atoms. The summed E-state index contributed by atoms with van der Waals surface area (Å²) in [6.45, 7) is 1.33. The highest BCUT2D eigenvalue weighted by molar-refractivity contribution is 7.89. The van der Waals surface area contributed by atoms with Gasteiger partial charge in [0.2, 0.25) is 5.91 Å². The van der Waals surface area contributed by atoms with Gasteiger partial charge in [-0.3, -0.25) is 4.79 Å². The van der Waals surface area contributed by atoms with E-state index in [4.69, 9.17) is 5.73 Å². The smallest absolute Gasteiger partial charge is 0.350 e. The van der Waals surface area contributed by atoms with Gasteiger partial charge in [0, 0.05) is 26.1 Å². The Hall–Kier alpha value is -0.510. The first-order chi connectivity index (χ1) is 10.9. The summed E-state index contributed by atoms with van der Waals surface area (Å²) in [5.74, 6) is -3.24. The summed E-state index contributed by atoms with van der Waals surface area (Å²) in [5.41, 5.74) is 5.39. The number of nitrogens with zero attached hydrogens (tertiary/aromatic N) is 1. The van der Waals surface area contributed by atoms with Crippen molar-refractivity contribution in [2.24, 2.45) is 11.7 Å². The number of nitrogens with one attached hydrogen (secondary N) is 1. The lowest BCUT2D eigenvalue weighted by Crippen LogP contribution is -2.43. The predicted octanol–water partition coefficient (Wildman–Crippen LogP) is 1.70. The zero-order valence-corrected chi connectivity index (χ0v) is 15.4. The summed E-state index contributed by atoms with van der Waals surface area (Å²) in [4.78, 5) is 11.7. The van der Waals surface area contributed by atoms with E-state index in [-0.39, 0.29) is 37.3 Å². The number of carbonyl (C=O) groups excluding carboxylic acids is 1. The van der Waals surface area contributed by atoms with Gasteiger partial charge in [-0.2, -0.15) is 13.1 Å². The molecule has 1 rings (SSSR count). The molecule has 1 saturated heterocycles. The molecule has 10 heteroatoms. The molecule has 0 aromatic carbocycles. The Balaban J connectivity index is 0.00000529. The topological polar surface area (TPSA) is 92.5 Å². The van der Waals surface area contributed by atoms with Gasteiger partial charge in [-0.1, -0.05) is 12.8 Å². The van der Waals surface area contributed by atoms with E-state index in [9.17, 15) is 22.0 Å². The number of alkyl halides is 2. The van der Waals surface area contributed by atoms with Crippen LogP contribution < -0.4 is 11.1 Å². The number of carbonyl (C=O) groups is 1. The number of sulfonamides is 1. The second-order valence-electron chi connectivity index (χ2n) is 5.90. The van der Waals surface area contributed by atoms with Gasteiger partial charge in [-0.25, -0.2) is 8.42 Å². The molecule has 1 fully saturated rings. The Morgan fingerprint density at radius 3 is 2.29 bits per heavy atom. The highest BCUT2D eigenvalue weighted by Crippen LogP contribution is 2.22. The molecule has 0 aromatic rings. The van der Waals surface area contributed by atoms with E-state index >= 15 is 0 Å². The van der Waals surface area contributed by atoms with Crippen molar-refractivity contribution >= 4 is 28.3 Å². The molecule has 144 valence electrons. The van der Waals surface area contributed by atoms with E-state index < -0.39 is 15.8 Å². The summed E-state index contributed by atoms with van der Waals surface area (Å²) < 4.78 is 48.4. The first-order valence-electron chi connectivity index (χ1n) is 8.11. The van der Waals surface area contributed by atoms with Crippen LogP contribution in [0.3, 0.4) is 0 Å². The fourth-order valence-corrected chi connectivity index (χ4v) is 3.56. The van der Waals surface area contributed by atoms with Gasteiger partial charge in [0.15, 0.2) is 0 Å². The fraction of sp³-hybridized carbons (Fsp3) is 0.929. The second-order valence-corrected chi connectivity index (χ2v) is 7.81. The lowest BCUT2D eigenvalue weighted by Gasteiger charge is -2.30. The molecule has 0 unspecified atom stereocenters. The van der Waals surface area contributed by atoms with Crippen molar-refractivity contribution in [3.05, 3.63) is 0 Å². The summed E-state index contributed by atoms with van der Waals surface area (Å²) in [7, 11) is -4.47. The minimum atomic E-state index is -4.47. The molecule has 0 radical (unpaired) electrons. The third-order valence-electron chi connectivity index (χ3n) is 4.10. The van der Waals surface area contributed by atoms with Gasteiger partial charge in [-0.05, 0) is 38.1 Å². The first kappa shape index (κ1) is 23.5. The van der Waals surface area contributed by atoms with Crippen LogP contribution in [0, 0.1) is 5.92 Å². The van der Waals surface area contributed by atoms with Crippen LogP contribution in [0.2, 0.25) is 0 Å². The lowest BCUT2D eigenvalue weighted by molar-refractivity contribution is -0.121. The monoisotopic (exact) mass is 391 g/mol. The Bertz CT molecular complexity index is 458. The van der Waals surface area contributed by atoms with Gasteiger partial charge >= 0.3 is 5.76 Å². The summed E-state index contributed by atoms with van der Waals surface area (Å²) in [5, 5.41) is 2.84. The van der Waals surface area contributed by atoms with Crippen molar-refractivity contribution in [2.75, 3.05) is 26.2 Å². The minimum absolute atomic E-state index is 0. The van der Waals surface area contributed by atoms with Gasteiger partial charge in [0.1, 0.15) is 0 Å². The zero-order chi connectivity index (χ0) is 17.3. The van der Waals surface area contributed by atoms with E-state index in [0.717, 1.165) is 30.0 Å². The summed E-state index contributed by atoms with van der Waals surface area (Å²) >= 11 is 0. The second kappa shape index (κ2) is 11.9. The van der Waals surface area contributed by atoms with Crippen molar-refractivity contribution in [2.45, 2.75) is 50.7 Å². The van der Waals surface area contributed by atoms with E-state index in [1.54, 1.807) is 0 Å². The molecule has 1 aliphatic heterocycles. The zero-order valence-electron chi connectivity index (χ0n) is 13.8. The third-order valence-corrected chi connectivity index (χ3v) is 5.64. The van der Waals surface area contributed by atoms with Gasteiger partial charge in [-0.15, -0.1) is 12.4 Å². The van der Waals surface area contributed by atoms with Crippen LogP contribution in [-0.2, 0) is 14.8 Å². The van der Waals surface area contributed by atoms with Crippen molar-refractivity contribution in [1.82, 2.24) is 9.62 Å². The van der Waals surface area contributed by atoms with E-state index in [1.807, 2.05) is 0 Å². The number of halogens is 3. The molecule has 0 atom stereocenters. The number of rotatable bonds is 10. The van der Waals surface area contributed by atoms with Gasteiger partial charge in [0.05, 0.1) is 0 Å². The highest BCUT2D eigenvalue weighted by Gasteiger charge is 2.34. The van der Waals surface area contributed by atoms with Crippen LogP contribution in [0.15, 0.2) is 0 Å². The van der Waals surface area contributed by atoms with Crippen LogP contribution in [0.1, 0.15) is 44.9 Å². The van der Waals surface area contributed by atoms with Gasteiger partial charge < -0.3 is 11.1 Å². The van der Waals surface area contributed by atoms with Crippen LogP contribution in [0.5, 0.6) is 0 Å². The molecule has 6 nitrogen and oxygen atoms in total. The maximum absolute atomic E-state index is 12.5. The first-order valence-corrected chi connectivity index (χ1v) is 9.62. The van der Waals surface area contributed by atoms with Crippen LogP contribution >= 0.6 is 12.4 Å². The molecule has 0 aliphatic carbocycles. The van der Waals surface area contributed by atoms with Crippen molar-refractivity contribution < 1.29 is 22.0 Å². The average Bonchev–Trinajstić information content (AvgIpc) is 2.53. The molecule has 1 heterocycles. The molecule has 3 N–H and O–H groups in total. The number of piperidine rings is 1. The number of hydrogen-bond acceptors (Lipinski definition) is 4. The molecule has 0 saturated carbocycles. The molecule has 0 bridgehead atoms. The lowest BCUT2D eigenvalue weighted by atomic mass is 9.98. The summed E-state index contributed by atoms with van der Waals surface area (Å²) in [6, 6.07) is 0. The quantitative estimate of drug-likeness (QED) is 0.554. The van der Waals surface area contributed by atoms with E-state index in [0.29, 0.717) is 32.4 Å². The largest absolute Gasteiger partial charge is 0.356 e. The Morgan fingerprint density at radius 2 is 1.75 bits per heavy atom. The molecule has 1 aliphatic rings. The molecule has 0 aromatic heterocycles. The van der Waals surface area contributed by atoms with Crippen molar-refractivity contribution in [3.63, 3.8) is 0 Å². The highest BCUT2D eigenvalue weighted by atomic mass is 35.5. The third kappa shape index (κ3) is 8.04. The van der Waals surface area contributed by atoms with E-state index in [2.05, 4.69) is 5.32 Å². The Kier molecular flexibility index (Phi) is 11.7. The van der Waals surface area contributed by atoms with Gasteiger partial charge in [0.25, 0.3) is 10.0 Å². The number of amides is 1. The van der Waals surface area contributed by atoms with Crippen LogP contribution in [-0.4, -0.2) is 50.6 Å². The van der Waals surface area contributed by atoms with Crippen LogP contribution in [0.4, 0.5) is 8.78 Å². The van der Waals surface area contributed by atoms with Crippen molar-refractivity contribution in [3.8, 4) is 0 Å². The minimum Gasteiger partial charge on any atom is -0.356 e. The van der Waals surface area contributed by atoms with Crippen LogP contribution in [0.25, 0.3) is 0 Å². The normalized spacial score (nSPS) is 16.8. The number of unbranched alkanes of at least 4 members (excludes halogenated alkanes) is 3.